The number of hydrogen-bond donors (Lipinski definition) is 0. The first-order valence-electron chi connectivity index (χ1n) is 9.76. The van der Waals surface area contributed by atoms with Crippen LogP contribution in [0, 0.1) is 5.82 Å². The average Bonchev–Trinajstić information content (AvgIpc) is 2.79. The minimum Gasteiger partial charge on any atom is -0.489 e. The third-order valence-electron chi connectivity index (χ3n) is 5.09. The van der Waals surface area contributed by atoms with Gasteiger partial charge in [0.25, 0.3) is 5.91 Å². The Labute approximate surface area is 170 Å². The van der Waals surface area contributed by atoms with Crippen LogP contribution < -0.4 is 9.64 Å². The zero-order valence-corrected chi connectivity index (χ0v) is 16.1. The molecule has 4 nitrogen and oxygen atoms in total. The smallest absolute Gasteiger partial charge is 0.254 e. The molecule has 0 aliphatic carbocycles. The summed E-state index contributed by atoms with van der Waals surface area (Å²) in [6.45, 7) is 2.79. The number of rotatable bonds is 5. The molecular formula is C24H23FN2O2. The number of nitrogens with zero attached hydrogens (tertiary/aromatic N) is 2. The van der Waals surface area contributed by atoms with E-state index in [1.54, 1.807) is 24.3 Å². The second-order valence-electron chi connectivity index (χ2n) is 7.03. The fourth-order valence-corrected chi connectivity index (χ4v) is 3.50. The summed E-state index contributed by atoms with van der Waals surface area (Å²) in [5.74, 6) is 0.420. The van der Waals surface area contributed by atoms with Crippen LogP contribution in [0.5, 0.6) is 5.75 Å². The van der Waals surface area contributed by atoms with E-state index in [-0.39, 0.29) is 11.7 Å². The normalized spacial score (nSPS) is 14.0. The number of amides is 1. The highest BCUT2D eigenvalue weighted by atomic mass is 19.1. The molecule has 0 spiro atoms. The molecule has 1 aliphatic rings. The van der Waals surface area contributed by atoms with Crippen LogP contribution in [-0.2, 0) is 6.61 Å². The molecule has 1 fully saturated rings. The fraction of sp³-hybridized carbons (Fsp3) is 0.208. The Bertz CT molecular complexity index is 969. The van der Waals surface area contributed by atoms with Crippen molar-refractivity contribution in [1.82, 2.24) is 4.90 Å². The average molecular weight is 390 g/mol. The zero-order chi connectivity index (χ0) is 20.1. The van der Waals surface area contributed by atoms with Crippen molar-refractivity contribution in [3.63, 3.8) is 0 Å². The maximum absolute atomic E-state index is 14.0. The van der Waals surface area contributed by atoms with Crippen molar-refractivity contribution in [2.45, 2.75) is 6.61 Å². The number of piperazine rings is 1. The Hall–Kier alpha value is -3.34. The molecule has 0 aromatic heterocycles. The van der Waals surface area contributed by atoms with Gasteiger partial charge in [0.1, 0.15) is 18.2 Å². The van der Waals surface area contributed by atoms with Gasteiger partial charge in [-0.3, -0.25) is 4.79 Å². The molecule has 1 heterocycles. The SMILES string of the molecule is O=C(c1cccc(OCc2ccccc2)c1)N1CCN(c2ccccc2F)CC1. The molecule has 0 N–H and O–H groups in total. The molecule has 3 aromatic carbocycles. The molecule has 3 aromatic rings. The van der Waals surface area contributed by atoms with E-state index in [0.717, 1.165) is 5.56 Å². The summed E-state index contributed by atoms with van der Waals surface area (Å²) in [4.78, 5) is 16.7. The molecule has 1 saturated heterocycles. The second kappa shape index (κ2) is 8.78. The van der Waals surface area contributed by atoms with Crippen LogP contribution >= 0.6 is 0 Å². The largest absolute Gasteiger partial charge is 0.489 e. The van der Waals surface area contributed by atoms with Crippen LogP contribution in [0.25, 0.3) is 0 Å². The van der Waals surface area contributed by atoms with Crippen molar-refractivity contribution < 1.29 is 13.9 Å². The quantitative estimate of drug-likeness (QED) is 0.649. The van der Waals surface area contributed by atoms with Crippen molar-refractivity contribution in [1.29, 1.82) is 0 Å². The molecule has 0 atom stereocenters. The number of ether oxygens (including phenoxy) is 1. The first-order chi connectivity index (χ1) is 14.2. The molecular weight excluding hydrogens is 367 g/mol. The molecule has 29 heavy (non-hydrogen) atoms. The van der Waals surface area contributed by atoms with E-state index in [2.05, 4.69) is 0 Å². The number of carbonyl (C=O) groups excluding carboxylic acids is 1. The van der Waals surface area contributed by atoms with Gasteiger partial charge >= 0.3 is 0 Å². The van der Waals surface area contributed by atoms with Gasteiger partial charge in [0.15, 0.2) is 0 Å². The molecule has 148 valence electrons. The monoisotopic (exact) mass is 390 g/mol. The lowest BCUT2D eigenvalue weighted by atomic mass is 10.1. The summed E-state index contributed by atoms with van der Waals surface area (Å²) in [5, 5.41) is 0. The van der Waals surface area contributed by atoms with E-state index in [9.17, 15) is 9.18 Å². The molecule has 0 bridgehead atoms. The molecule has 5 heteroatoms. The minimum atomic E-state index is -0.226. The number of anilines is 1. The summed E-state index contributed by atoms with van der Waals surface area (Å²) in [7, 11) is 0. The summed E-state index contributed by atoms with van der Waals surface area (Å²) in [6.07, 6.45) is 0. The number of halogens is 1. The van der Waals surface area contributed by atoms with Crippen LogP contribution in [0.4, 0.5) is 10.1 Å². The van der Waals surface area contributed by atoms with Crippen LogP contribution in [0.1, 0.15) is 15.9 Å². The van der Waals surface area contributed by atoms with E-state index < -0.39 is 0 Å². The van der Waals surface area contributed by atoms with E-state index in [0.29, 0.717) is 49.8 Å². The molecule has 0 radical (unpaired) electrons. The number of carbonyl (C=O) groups is 1. The van der Waals surface area contributed by atoms with Crippen molar-refractivity contribution in [3.8, 4) is 5.75 Å². The van der Waals surface area contributed by atoms with Crippen molar-refractivity contribution in [2.24, 2.45) is 0 Å². The van der Waals surface area contributed by atoms with Crippen LogP contribution in [0.2, 0.25) is 0 Å². The molecule has 0 saturated carbocycles. The highest BCUT2D eigenvalue weighted by molar-refractivity contribution is 5.94. The standard InChI is InChI=1S/C24H23FN2O2/c25-22-11-4-5-12-23(22)26-13-15-27(16-14-26)24(28)20-9-6-10-21(17-20)29-18-19-7-2-1-3-8-19/h1-12,17H,13-16,18H2. The Balaban J connectivity index is 1.37. The van der Waals surface area contributed by atoms with Gasteiger partial charge in [0.2, 0.25) is 0 Å². The van der Waals surface area contributed by atoms with Gasteiger partial charge < -0.3 is 14.5 Å². The third-order valence-corrected chi connectivity index (χ3v) is 5.09. The van der Waals surface area contributed by atoms with E-state index in [4.69, 9.17) is 4.74 Å². The van der Waals surface area contributed by atoms with Gasteiger partial charge in [-0.1, -0.05) is 48.5 Å². The summed E-state index contributed by atoms with van der Waals surface area (Å²) < 4.78 is 19.8. The second-order valence-corrected chi connectivity index (χ2v) is 7.03. The van der Waals surface area contributed by atoms with E-state index in [1.165, 1.54) is 6.07 Å². The van der Waals surface area contributed by atoms with Crippen LogP contribution in [0.3, 0.4) is 0 Å². The Morgan fingerprint density at radius 3 is 2.34 bits per heavy atom. The van der Waals surface area contributed by atoms with E-state index in [1.807, 2.05) is 58.3 Å². The lowest BCUT2D eigenvalue weighted by molar-refractivity contribution is 0.0746. The summed E-state index contributed by atoms with van der Waals surface area (Å²) >= 11 is 0. The lowest BCUT2D eigenvalue weighted by Gasteiger charge is -2.36. The van der Waals surface area contributed by atoms with Crippen LogP contribution in [-0.4, -0.2) is 37.0 Å². The summed E-state index contributed by atoms with van der Waals surface area (Å²) in [5.41, 5.74) is 2.28. The predicted molar refractivity (Wildman–Crippen MR) is 112 cm³/mol. The zero-order valence-electron chi connectivity index (χ0n) is 16.1. The lowest BCUT2D eigenvalue weighted by Crippen LogP contribution is -2.49. The Morgan fingerprint density at radius 2 is 1.59 bits per heavy atom. The number of para-hydroxylation sites is 1. The first kappa shape index (κ1) is 19.0. The van der Waals surface area contributed by atoms with Gasteiger partial charge in [0, 0.05) is 31.7 Å². The van der Waals surface area contributed by atoms with Crippen molar-refractivity contribution in [3.05, 3.63) is 95.8 Å². The Morgan fingerprint density at radius 1 is 0.862 bits per heavy atom. The van der Waals surface area contributed by atoms with Gasteiger partial charge in [-0.2, -0.15) is 0 Å². The fourth-order valence-electron chi connectivity index (χ4n) is 3.50. The van der Waals surface area contributed by atoms with Gasteiger partial charge in [-0.25, -0.2) is 4.39 Å². The van der Waals surface area contributed by atoms with E-state index >= 15 is 0 Å². The molecule has 0 unspecified atom stereocenters. The maximum Gasteiger partial charge on any atom is 0.254 e. The molecule has 1 aliphatic heterocycles. The van der Waals surface area contributed by atoms with Crippen molar-refractivity contribution >= 4 is 11.6 Å². The Kier molecular flexibility index (Phi) is 5.75. The van der Waals surface area contributed by atoms with Crippen LogP contribution in [0.15, 0.2) is 78.9 Å². The van der Waals surface area contributed by atoms with Crippen molar-refractivity contribution in [2.75, 3.05) is 31.1 Å². The highest BCUT2D eigenvalue weighted by Crippen LogP contribution is 2.22. The van der Waals surface area contributed by atoms with Gasteiger partial charge in [-0.15, -0.1) is 0 Å². The summed E-state index contributed by atoms with van der Waals surface area (Å²) in [6, 6.07) is 24.0. The minimum absolute atomic E-state index is 0.0247. The predicted octanol–water partition coefficient (Wildman–Crippen LogP) is 4.37. The number of hydrogen-bond acceptors (Lipinski definition) is 3. The maximum atomic E-state index is 14.0. The highest BCUT2D eigenvalue weighted by Gasteiger charge is 2.23. The molecule has 1 amide bonds. The molecule has 4 rings (SSSR count). The number of benzene rings is 3. The van der Waals surface area contributed by atoms with Gasteiger partial charge in [0.05, 0.1) is 5.69 Å². The topological polar surface area (TPSA) is 32.8 Å². The first-order valence-corrected chi connectivity index (χ1v) is 9.76. The van der Waals surface area contributed by atoms with Gasteiger partial charge in [-0.05, 0) is 35.9 Å². The third kappa shape index (κ3) is 4.57.